The molecule has 0 heterocycles. The number of hydrogen-bond acceptors (Lipinski definition) is 6. The van der Waals surface area contributed by atoms with Crippen LogP contribution in [0.3, 0.4) is 0 Å². The molecule has 0 bridgehead atoms. The Balaban J connectivity index is 2.52. The van der Waals surface area contributed by atoms with Crippen LogP contribution in [0.5, 0.6) is 0 Å². The molecule has 6 nitrogen and oxygen atoms in total. The molecule has 0 saturated carbocycles. The number of oxime groups is 1. The average molecular weight is 434 g/mol. The maximum Gasteiger partial charge on any atom is 0.305 e. The van der Waals surface area contributed by atoms with Crippen LogP contribution < -0.4 is 0 Å². The van der Waals surface area contributed by atoms with Gasteiger partial charge in [-0.2, -0.15) is 8.42 Å². The molecule has 0 saturated heterocycles. The van der Waals surface area contributed by atoms with Crippen LogP contribution in [0.2, 0.25) is 10.0 Å². The van der Waals surface area contributed by atoms with Crippen LogP contribution in [-0.4, -0.2) is 32.8 Å². The third kappa shape index (κ3) is 5.70. The second-order valence-corrected chi connectivity index (χ2v) is 8.51. The molecule has 0 amide bonds. The minimum absolute atomic E-state index is 0.0602. The second-order valence-electron chi connectivity index (χ2n) is 6.09. The van der Waals surface area contributed by atoms with Gasteiger partial charge in [-0.05, 0) is 37.0 Å². The van der Waals surface area contributed by atoms with Gasteiger partial charge in [0.15, 0.2) is 5.78 Å². The smallest absolute Gasteiger partial charge is 0.305 e. The molecule has 1 aliphatic rings. The molecule has 0 aromatic heterocycles. The molecule has 1 unspecified atom stereocenters. The molecule has 1 aromatic rings. The molecule has 0 fully saturated rings. The standard InChI is InChI=1S/C18H21Cl2NO5S/c1-4-15(21-25-5-2)18-16(22)8-11(9-17(18)26-27(3,23)24)13-7-6-12(19)10-14(13)20/h6-7,10-11H,4-5,8-9H2,1-3H3/b21-15-. The Kier molecular flexibility index (Phi) is 7.31. The van der Waals surface area contributed by atoms with E-state index in [2.05, 4.69) is 5.16 Å². The van der Waals surface area contributed by atoms with Crippen LogP contribution in [0.1, 0.15) is 44.6 Å². The van der Waals surface area contributed by atoms with E-state index in [1.807, 2.05) is 0 Å². The van der Waals surface area contributed by atoms with Gasteiger partial charge in [0, 0.05) is 22.9 Å². The quantitative estimate of drug-likeness (QED) is 0.359. The Morgan fingerprint density at radius 1 is 1.26 bits per heavy atom. The SMILES string of the molecule is CCO/N=C(/CC)C1=C(OS(C)(=O)=O)CC(c2ccc(Cl)cc2Cl)CC1=O. The first-order chi connectivity index (χ1) is 12.7. The fraction of sp³-hybridized carbons (Fsp3) is 0.444. The number of nitrogens with zero attached hydrogens (tertiary/aromatic N) is 1. The average Bonchev–Trinajstić information content (AvgIpc) is 2.55. The summed E-state index contributed by atoms with van der Waals surface area (Å²) in [5.41, 5.74) is 1.24. The van der Waals surface area contributed by atoms with Gasteiger partial charge in [0.2, 0.25) is 0 Å². The summed E-state index contributed by atoms with van der Waals surface area (Å²) in [6.07, 6.45) is 1.68. The van der Waals surface area contributed by atoms with Gasteiger partial charge < -0.3 is 9.02 Å². The Morgan fingerprint density at radius 3 is 2.52 bits per heavy atom. The molecule has 1 aliphatic carbocycles. The summed E-state index contributed by atoms with van der Waals surface area (Å²) in [5, 5.41) is 4.86. The predicted octanol–water partition coefficient (Wildman–Crippen LogP) is 4.47. The number of ketones is 1. The summed E-state index contributed by atoms with van der Waals surface area (Å²) in [5.74, 6) is -0.533. The fourth-order valence-electron chi connectivity index (χ4n) is 2.94. The molecule has 27 heavy (non-hydrogen) atoms. The summed E-state index contributed by atoms with van der Waals surface area (Å²) < 4.78 is 28.7. The van der Waals surface area contributed by atoms with Gasteiger partial charge in [-0.1, -0.05) is 41.3 Å². The molecule has 148 valence electrons. The van der Waals surface area contributed by atoms with E-state index in [-0.39, 0.29) is 35.9 Å². The zero-order chi connectivity index (χ0) is 20.2. The fourth-order valence-corrected chi connectivity index (χ4v) is 4.02. The number of rotatable bonds is 7. The number of carbonyl (C=O) groups excluding carboxylic acids is 1. The second kappa shape index (κ2) is 9.08. The molecule has 1 aromatic carbocycles. The van der Waals surface area contributed by atoms with Crippen molar-refractivity contribution in [2.24, 2.45) is 5.16 Å². The van der Waals surface area contributed by atoms with E-state index in [1.54, 1.807) is 32.0 Å². The predicted molar refractivity (Wildman–Crippen MR) is 106 cm³/mol. The van der Waals surface area contributed by atoms with E-state index < -0.39 is 10.1 Å². The summed E-state index contributed by atoms with van der Waals surface area (Å²) >= 11 is 12.2. The lowest BCUT2D eigenvalue weighted by Crippen LogP contribution is -2.26. The summed E-state index contributed by atoms with van der Waals surface area (Å²) in [6, 6.07) is 5.01. The van der Waals surface area contributed by atoms with Crippen LogP contribution in [0.15, 0.2) is 34.7 Å². The number of halogens is 2. The molecular formula is C18H21Cl2NO5S. The van der Waals surface area contributed by atoms with E-state index in [4.69, 9.17) is 32.2 Å². The summed E-state index contributed by atoms with van der Waals surface area (Å²) in [7, 11) is -3.82. The number of benzene rings is 1. The molecule has 0 radical (unpaired) electrons. The first-order valence-corrected chi connectivity index (χ1v) is 11.0. The largest absolute Gasteiger partial charge is 0.396 e. The first kappa shape index (κ1) is 21.7. The van der Waals surface area contributed by atoms with Crippen LogP contribution in [0.4, 0.5) is 0 Å². The summed E-state index contributed by atoms with van der Waals surface area (Å²) in [6.45, 7) is 3.90. The first-order valence-electron chi connectivity index (χ1n) is 8.46. The van der Waals surface area contributed by atoms with Crippen molar-refractivity contribution in [1.82, 2.24) is 0 Å². The molecule has 0 spiro atoms. The van der Waals surface area contributed by atoms with Crippen molar-refractivity contribution in [1.29, 1.82) is 0 Å². The van der Waals surface area contributed by atoms with E-state index >= 15 is 0 Å². The number of hydrogen-bond donors (Lipinski definition) is 0. The van der Waals surface area contributed by atoms with E-state index in [0.29, 0.717) is 34.3 Å². The highest BCUT2D eigenvalue weighted by Gasteiger charge is 2.34. The van der Waals surface area contributed by atoms with Gasteiger partial charge in [0.25, 0.3) is 0 Å². The van der Waals surface area contributed by atoms with Gasteiger partial charge in [-0.3, -0.25) is 4.79 Å². The lowest BCUT2D eigenvalue weighted by molar-refractivity contribution is -0.116. The van der Waals surface area contributed by atoms with Crippen molar-refractivity contribution in [3.05, 3.63) is 45.1 Å². The molecule has 9 heteroatoms. The zero-order valence-corrected chi connectivity index (χ0v) is 17.6. The third-order valence-corrected chi connectivity index (χ3v) is 5.07. The molecule has 0 aliphatic heterocycles. The van der Waals surface area contributed by atoms with E-state index in [9.17, 15) is 13.2 Å². The third-order valence-electron chi connectivity index (χ3n) is 4.00. The number of Topliss-reactive ketones (excluding diaryl/α,β-unsaturated/α-hetero) is 1. The van der Waals surface area contributed by atoms with Gasteiger partial charge in [0.05, 0.1) is 17.5 Å². The number of allylic oxidation sites excluding steroid dienone is 2. The Morgan fingerprint density at radius 2 is 1.96 bits per heavy atom. The maximum absolute atomic E-state index is 12.9. The highest BCUT2D eigenvalue weighted by molar-refractivity contribution is 7.86. The Labute approximate surface area is 169 Å². The van der Waals surface area contributed by atoms with Crippen molar-refractivity contribution in [3.8, 4) is 0 Å². The van der Waals surface area contributed by atoms with Crippen molar-refractivity contribution < 1.29 is 22.2 Å². The number of carbonyl (C=O) groups is 1. The highest BCUT2D eigenvalue weighted by atomic mass is 35.5. The highest BCUT2D eigenvalue weighted by Crippen LogP contribution is 2.39. The molecular weight excluding hydrogens is 413 g/mol. The summed E-state index contributed by atoms with van der Waals surface area (Å²) in [4.78, 5) is 17.9. The van der Waals surface area contributed by atoms with Crippen LogP contribution >= 0.6 is 23.2 Å². The van der Waals surface area contributed by atoms with Crippen molar-refractivity contribution >= 4 is 44.8 Å². The van der Waals surface area contributed by atoms with E-state index in [1.165, 1.54) is 0 Å². The monoisotopic (exact) mass is 433 g/mol. The topological polar surface area (TPSA) is 82.0 Å². The van der Waals surface area contributed by atoms with Gasteiger partial charge in [-0.25, -0.2) is 0 Å². The minimum Gasteiger partial charge on any atom is -0.396 e. The van der Waals surface area contributed by atoms with Gasteiger partial charge in [0.1, 0.15) is 12.4 Å². The maximum atomic E-state index is 12.9. The van der Waals surface area contributed by atoms with Gasteiger partial charge in [-0.15, -0.1) is 0 Å². The van der Waals surface area contributed by atoms with Crippen LogP contribution in [-0.2, 0) is 23.9 Å². The molecule has 1 atom stereocenters. The molecule has 2 rings (SSSR count). The Bertz CT molecular complexity index is 893. The van der Waals surface area contributed by atoms with E-state index in [0.717, 1.165) is 6.26 Å². The van der Waals surface area contributed by atoms with Gasteiger partial charge >= 0.3 is 10.1 Å². The normalized spacial score (nSPS) is 18.6. The van der Waals surface area contributed by atoms with Crippen molar-refractivity contribution in [2.45, 2.75) is 39.0 Å². The lowest BCUT2D eigenvalue weighted by atomic mass is 9.81. The minimum atomic E-state index is -3.82. The molecule has 0 N–H and O–H groups in total. The van der Waals surface area contributed by atoms with Crippen LogP contribution in [0, 0.1) is 0 Å². The Hall–Kier alpha value is -1.57. The van der Waals surface area contributed by atoms with Crippen LogP contribution in [0.25, 0.3) is 0 Å². The lowest BCUT2D eigenvalue weighted by Gasteiger charge is -2.26. The van der Waals surface area contributed by atoms with Crippen molar-refractivity contribution in [3.63, 3.8) is 0 Å². The zero-order valence-electron chi connectivity index (χ0n) is 15.3. The van der Waals surface area contributed by atoms with Crippen molar-refractivity contribution in [2.75, 3.05) is 12.9 Å².